The van der Waals surface area contributed by atoms with Gasteiger partial charge in [0.25, 0.3) is 0 Å². The predicted octanol–water partition coefficient (Wildman–Crippen LogP) is 1.14. The van der Waals surface area contributed by atoms with Crippen LogP contribution in [-0.4, -0.2) is 32.4 Å². The molecule has 1 atom stereocenters. The molecule has 1 unspecified atom stereocenters. The van der Waals surface area contributed by atoms with Gasteiger partial charge < -0.3 is 10.6 Å². The van der Waals surface area contributed by atoms with Crippen LogP contribution in [0, 0.1) is 5.92 Å². The van der Waals surface area contributed by atoms with Gasteiger partial charge in [-0.1, -0.05) is 0 Å². The maximum absolute atomic E-state index is 11.7. The van der Waals surface area contributed by atoms with Crippen molar-refractivity contribution in [3.63, 3.8) is 0 Å². The number of rotatable bonds is 3. The lowest BCUT2D eigenvalue weighted by Gasteiger charge is -2.23. The SMILES string of the molecule is FC(F)(F)CNCC1CCCNC1. The van der Waals surface area contributed by atoms with E-state index in [0.717, 1.165) is 25.9 Å². The zero-order valence-corrected chi connectivity index (χ0v) is 7.45. The largest absolute Gasteiger partial charge is 0.401 e. The summed E-state index contributed by atoms with van der Waals surface area (Å²) in [4.78, 5) is 0. The standard InChI is InChI=1S/C8H15F3N2/c9-8(10,11)6-13-5-7-2-1-3-12-4-7/h7,12-13H,1-6H2. The highest BCUT2D eigenvalue weighted by molar-refractivity contribution is 4.71. The van der Waals surface area contributed by atoms with Crippen LogP contribution in [0.1, 0.15) is 12.8 Å². The third-order valence-corrected chi connectivity index (χ3v) is 2.16. The number of halogens is 3. The van der Waals surface area contributed by atoms with Gasteiger partial charge in [-0.15, -0.1) is 0 Å². The van der Waals surface area contributed by atoms with Crippen LogP contribution in [0.3, 0.4) is 0 Å². The average molecular weight is 196 g/mol. The van der Waals surface area contributed by atoms with Crippen LogP contribution >= 0.6 is 0 Å². The Bertz CT molecular complexity index is 141. The number of alkyl halides is 3. The van der Waals surface area contributed by atoms with Crippen molar-refractivity contribution in [2.45, 2.75) is 19.0 Å². The van der Waals surface area contributed by atoms with E-state index < -0.39 is 12.7 Å². The molecule has 1 rings (SSSR count). The summed E-state index contributed by atoms with van der Waals surface area (Å²) in [5.41, 5.74) is 0. The Morgan fingerprint density at radius 3 is 2.69 bits per heavy atom. The van der Waals surface area contributed by atoms with Crippen molar-refractivity contribution in [3.8, 4) is 0 Å². The van der Waals surface area contributed by atoms with Crippen LogP contribution in [0.15, 0.2) is 0 Å². The summed E-state index contributed by atoms with van der Waals surface area (Å²) in [7, 11) is 0. The predicted molar refractivity (Wildman–Crippen MR) is 44.5 cm³/mol. The van der Waals surface area contributed by atoms with Crippen LogP contribution < -0.4 is 10.6 Å². The number of hydrogen-bond acceptors (Lipinski definition) is 2. The van der Waals surface area contributed by atoms with Crippen LogP contribution in [0.4, 0.5) is 13.2 Å². The summed E-state index contributed by atoms with van der Waals surface area (Å²) in [6.45, 7) is 1.43. The Labute approximate surface area is 75.9 Å². The summed E-state index contributed by atoms with van der Waals surface area (Å²) in [5, 5.41) is 5.59. The Morgan fingerprint density at radius 1 is 1.38 bits per heavy atom. The Hall–Kier alpha value is -0.290. The monoisotopic (exact) mass is 196 g/mol. The van der Waals surface area contributed by atoms with Gasteiger partial charge in [-0.2, -0.15) is 13.2 Å². The van der Waals surface area contributed by atoms with Crippen molar-refractivity contribution >= 4 is 0 Å². The summed E-state index contributed by atoms with van der Waals surface area (Å²) < 4.78 is 35.2. The molecule has 1 heterocycles. The molecule has 1 saturated heterocycles. The zero-order chi connectivity index (χ0) is 9.73. The molecular weight excluding hydrogens is 181 g/mol. The molecule has 0 amide bonds. The highest BCUT2D eigenvalue weighted by Crippen LogP contribution is 2.13. The van der Waals surface area contributed by atoms with Gasteiger partial charge >= 0.3 is 6.18 Å². The molecule has 1 aliphatic heterocycles. The molecule has 0 aromatic heterocycles. The van der Waals surface area contributed by atoms with E-state index in [-0.39, 0.29) is 0 Å². The Morgan fingerprint density at radius 2 is 2.15 bits per heavy atom. The van der Waals surface area contributed by atoms with Crippen LogP contribution in [0.2, 0.25) is 0 Å². The van der Waals surface area contributed by atoms with E-state index in [0.29, 0.717) is 12.5 Å². The van der Waals surface area contributed by atoms with Crippen molar-refractivity contribution < 1.29 is 13.2 Å². The van der Waals surface area contributed by atoms with E-state index >= 15 is 0 Å². The lowest BCUT2D eigenvalue weighted by molar-refractivity contribution is -0.125. The first-order chi connectivity index (χ1) is 6.08. The topological polar surface area (TPSA) is 24.1 Å². The molecule has 1 aliphatic rings. The Kier molecular flexibility index (Phi) is 3.99. The molecule has 13 heavy (non-hydrogen) atoms. The molecule has 0 aromatic carbocycles. The highest BCUT2D eigenvalue weighted by Gasteiger charge is 2.26. The normalized spacial score (nSPS) is 24.7. The van der Waals surface area contributed by atoms with E-state index in [1.54, 1.807) is 0 Å². The van der Waals surface area contributed by atoms with Gasteiger partial charge in [-0.05, 0) is 38.4 Å². The minimum atomic E-state index is -4.08. The highest BCUT2D eigenvalue weighted by atomic mass is 19.4. The lowest BCUT2D eigenvalue weighted by atomic mass is 10.00. The average Bonchev–Trinajstić information content (AvgIpc) is 2.04. The van der Waals surface area contributed by atoms with Crippen LogP contribution in [0.5, 0.6) is 0 Å². The van der Waals surface area contributed by atoms with Gasteiger partial charge in [0.1, 0.15) is 0 Å². The van der Waals surface area contributed by atoms with E-state index in [9.17, 15) is 13.2 Å². The second-order valence-corrected chi connectivity index (χ2v) is 3.46. The molecule has 0 saturated carbocycles. The second kappa shape index (κ2) is 4.81. The van der Waals surface area contributed by atoms with Gasteiger partial charge in [-0.3, -0.25) is 0 Å². The van der Waals surface area contributed by atoms with Gasteiger partial charge in [0.15, 0.2) is 0 Å². The number of nitrogens with one attached hydrogen (secondary N) is 2. The van der Waals surface area contributed by atoms with Crippen molar-refractivity contribution in [1.82, 2.24) is 10.6 Å². The maximum atomic E-state index is 11.7. The first kappa shape index (κ1) is 10.8. The smallest absolute Gasteiger partial charge is 0.316 e. The molecule has 78 valence electrons. The van der Waals surface area contributed by atoms with Crippen molar-refractivity contribution in [3.05, 3.63) is 0 Å². The summed E-state index contributed by atoms with van der Waals surface area (Å²) in [6, 6.07) is 0. The van der Waals surface area contributed by atoms with E-state index in [1.807, 2.05) is 0 Å². The molecule has 2 N–H and O–H groups in total. The molecule has 0 bridgehead atoms. The molecule has 0 aromatic rings. The van der Waals surface area contributed by atoms with Gasteiger partial charge in [-0.25, -0.2) is 0 Å². The Balaban J connectivity index is 2.04. The number of piperidine rings is 1. The maximum Gasteiger partial charge on any atom is 0.401 e. The first-order valence-electron chi connectivity index (χ1n) is 4.56. The van der Waals surface area contributed by atoms with Crippen molar-refractivity contribution in [2.24, 2.45) is 5.92 Å². The van der Waals surface area contributed by atoms with Crippen LogP contribution in [-0.2, 0) is 0 Å². The summed E-state index contributed by atoms with van der Waals surface area (Å²) in [5.74, 6) is 0.357. The second-order valence-electron chi connectivity index (χ2n) is 3.46. The third-order valence-electron chi connectivity index (χ3n) is 2.16. The van der Waals surface area contributed by atoms with Gasteiger partial charge in [0.05, 0.1) is 6.54 Å². The molecule has 0 spiro atoms. The quantitative estimate of drug-likeness (QED) is 0.707. The van der Waals surface area contributed by atoms with Crippen molar-refractivity contribution in [2.75, 3.05) is 26.2 Å². The van der Waals surface area contributed by atoms with Gasteiger partial charge in [0, 0.05) is 0 Å². The fourth-order valence-corrected chi connectivity index (χ4v) is 1.52. The van der Waals surface area contributed by atoms with Gasteiger partial charge in [0.2, 0.25) is 0 Å². The first-order valence-corrected chi connectivity index (χ1v) is 4.56. The molecule has 2 nitrogen and oxygen atoms in total. The third kappa shape index (κ3) is 5.10. The van der Waals surface area contributed by atoms with E-state index in [2.05, 4.69) is 10.6 Å². The fourth-order valence-electron chi connectivity index (χ4n) is 1.52. The minimum absolute atomic E-state index is 0.357. The molecule has 0 aliphatic carbocycles. The fraction of sp³-hybridized carbons (Fsp3) is 1.00. The lowest BCUT2D eigenvalue weighted by Crippen LogP contribution is -2.39. The van der Waals surface area contributed by atoms with E-state index in [1.165, 1.54) is 0 Å². The summed E-state index contributed by atoms with van der Waals surface area (Å²) >= 11 is 0. The molecule has 5 heteroatoms. The zero-order valence-electron chi connectivity index (χ0n) is 7.45. The van der Waals surface area contributed by atoms with Crippen LogP contribution in [0.25, 0.3) is 0 Å². The molecular formula is C8H15F3N2. The summed E-state index contributed by atoms with van der Waals surface area (Å²) in [6.07, 6.45) is -1.99. The van der Waals surface area contributed by atoms with E-state index in [4.69, 9.17) is 0 Å². The number of hydrogen-bond donors (Lipinski definition) is 2. The molecule has 0 radical (unpaired) electrons. The minimum Gasteiger partial charge on any atom is -0.316 e. The molecule has 1 fully saturated rings. The van der Waals surface area contributed by atoms with Crippen molar-refractivity contribution in [1.29, 1.82) is 0 Å².